The first-order valence-corrected chi connectivity index (χ1v) is 11.6. The number of carbonyl (C=O) groups is 2. The van der Waals surface area contributed by atoms with Gasteiger partial charge in [0.1, 0.15) is 12.0 Å². The molecule has 1 fully saturated rings. The van der Waals surface area contributed by atoms with Crippen molar-refractivity contribution in [2.24, 2.45) is 0 Å². The van der Waals surface area contributed by atoms with E-state index in [1.165, 1.54) is 19.1 Å². The molecule has 172 valence electrons. The van der Waals surface area contributed by atoms with Crippen LogP contribution in [0, 0.1) is 19.7 Å². The molecule has 1 heterocycles. The van der Waals surface area contributed by atoms with Crippen molar-refractivity contribution in [3.8, 4) is 0 Å². The molecule has 0 aromatic heterocycles. The van der Waals surface area contributed by atoms with E-state index in [1.807, 2.05) is 31.2 Å². The summed E-state index contributed by atoms with van der Waals surface area (Å²) in [5.41, 5.74) is 2.08. The SMILES string of the molecule is Cc1cc(S(=O)(=O)N2CCCO[C@@H]2CNC(=O)C(=O)NCc2ccccc2C)ccc1F. The Morgan fingerprint density at radius 1 is 1.09 bits per heavy atom. The number of nitrogens with one attached hydrogen (secondary N) is 2. The summed E-state index contributed by atoms with van der Waals surface area (Å²) in [5, 5.41) is 4.98. The van der Waals surface area contributed by atoms with Crippen LogP contribution in [0.2, 0.25) is 0 Å². The number of nitrogens with zero attached hydrogens (tertiary/aromatic N) is 1. The second kappa shape index (κ2) is 10.2. The van der Waals surface area contributed by atoms with Crippen LogP contribution in [0.1, 0.15) is 23.1 Å². The molecule has 10 heteroatoms. The summed E-state index contributed by atoms with van der Waals surface area (Å²) in [6.45, 7) is 3.88. The lowest BCUT2D eigenvalue weighted by Gasteiger charge is -2.34. The van der Waals surface area contributed by atoms with Gasteiger partial charge in [-0.15, -0.1) is 0 Å². The van der Waals surface area contributed by atoms with E-state index in [-0.39, 0.29) is 30.1 Å². The Morgan fingerprint density at radius 3 is 2.53 bits per heavy atom. The van der Waals surface area contributed by atoms with Crippen LogP contribution in [0.3, 0.4) is 0 Å². The number of benzene rings is 2. The first-order valence-electron chi connectivity index (χ1n) is 10.2. The molecule has 2 aromatic rings. The average Bonchev–Trinajstić information content (AvgIpc) is 2.78. The van der Waals surface area contributed by atoms with E-state index in [2.05, 4.69) is 10.6 Å². The average molecular weight is 464 g/mol. The van der Waals surface area contributed by atoms with E-state index in [0.29, 0.717) is 13.0 Å². The first kappa shape index (κ1) is 23.8. The number of rotatable bonds is 6. The Kier molecular flexibility index (Phi) is 7.60. The van der Waals surface area contributed by atoms with Gasteiger partial charge in [0.25, 0.3) is 0 Å². The summed E-state index contributed by atoms with van der Waals surface area (Å²) in [7, 11) is -3.98. The van der Waals surface area contributed by atoms with Crippen LogP contribution in [0.15, 0.2) is 47.4 Å². The molecule has 32 heavy (non-hydrogen) atoms. The maximum Gasteiger partial charge on any atom is 0.309 e. The quantitative estimate of drug-likeness (QED) is 0.634. The van der Waals surface area contributed by atoms with Crippen molar-refractivity contribution in [1.82, 2.24) is 14.9 Å². The number of sulfonamides is 1. The summed E-state index contributed by atoms with van der Waals surface area (Å²) in [6.07, 6.45) is -0.506. The molecular formula is C22H26FN3O5S. The van der Waals surface area contributed by atoms with Gasteiger partial charge in [-0.1, -0.05) is 24.3 Å². The lowest BCUT2D eigenvalue weighted by Crippen LogP contribution is -2.53. The highest BCUT2D eigenvalue weighted by molar-refractivity contribution is 7.89. The molecule has 0 radical (unpaired) electrons. The molecule has 2 aromatic carbocycles. The van der Waals surface area contributed by atoms with Gasteiger partial charge in [-0.2, -0.15) is 4.31 Å². The Hall–Kier alpha value is -2.82. The molecule has 0 bridgehead atoms. The van der Waals surface area contributed by atoms with E-state index < -0.39 is 33.9 Å². The minimum absolute atomic E-state index is 0.0609. The molecule has 1 atom stereocenters. The van der Waals surface area contributed by atoms with Gasteiger partial charge in [-0.25, -0.2) is 12.8 Å². The molecule has 0 aliphatic carbocycles. The smallest absolute Gasteiger partial charge is 0.309 e. The van der Waals surface area contributed by atoms with Gasteiger partial charge >= 0.3 is 11.8 Å². The van der Waals surface area contributed by atoms with Gasteiger partial charge in [0.15, 0.2) is 0 Å². The summed E-state index contributed by atoms with van der Waals surface area (Å²) in [5.74, 6) is -2.21. The van der Waals surface area contributed by atoms with Crippen molar-refractivity contribution in [2.45, 2.75) is 37.9 Å². The minimum Gasteiger partial charge on any atom is -0.360 e. The molecule has 0 spiro atoms. The van der Waals surface area contributed by atoms with Crippen LogP contribution in [-0.4, -0.2) is 50.5 Å². The summed E-state index contributed by atoms with van der Waals surface area (Å²) in [6, 6.07) is 11.0. The second-order valence-corrected chi connectivity index (χ2v) is 9.42. The Bertz CT molecular complexity index is 1110. The number of halogens is 1. The minimum atomic E-state index is -3.98. The summed E-state index contributed by atoms with van der Waals surface area (Å²) >= 11 is 0. The number of hydrogen-bond acceptors (Lipinski definition) is 5. The summed E-state index contributed by atoms with van der Waals surface area (Å²) in [4.78, 5) is 24.3. The van der Waals surface area contributed by atoms with Gasteiger partial charge < -0.3 is 15.4 Å². The van der Waals surface area contributed by atoms with E-state index >= 15 is 0 Å². The molecule has 2 amide bonds. The fraction of sp³-hybridized carbons (Fsp3) is 0.364. The standard InChI is InChI=1S/C22H26FN3O5S/c1-15-6-3-4-7-17(15)13-24-21(27)22(28)25-14-20-26(10-5-11-31-20)32(29,30)18-8-9-19(23)16(2)12-18/h3-4,6-9,12,20H,5,10-11,13-14H2,1-2H3,(H,24,27)(H,25,28)/t20-/m1/s1. The predicted molar refractivity (Wildman–Crippen MR) is 115 cm³/mol. The number of amides is 2. The van der Waals surface area contributed by atoms with Gasteiger partial charge in [-0.3, -0.25) is 9.59 Å². The molecular weight excluding hydrogens is 437 g/mol. The highest BCUT2D eigenvalue weighted by atomic mass is 32.2. The molecule has 0 saturated carbocycles. The lowest BCUT2D eigenvalue weighted by molar-refractivity contribution is -0.140. The van der Waals surface area contributed by atoms with Crippen LogP contribution in [0.5, 0.6) is 0 Å². The summed E-state index contributed by atoms with van der Waals surface area (Å²) < 4.78 is 46.4. The fourth-order valence-electron chi connectivity index (χ4n) is 3.34. The van der Waals surface area contributed by atoms with Crippen LogP contribution in [0.4, 0.5) is 4.39 Å². The number of aryl methyl sites for hydroxylation is 2. The zero-order valence-electron chi connectivity index (χ0n) is 17.9. The Labute approximate surface area is 186 Å². The monoisotopic (exact) mass is 463 g/mol. The van der Waals surface area contributed by atoms with Gasteiger partial charge in [0, 0.05) is 13.1 Å². The highest BCUT2D eigenvalue weighted by Crippen LogP contribution is 2.23. The van der Waals surface area contributed by atoms with Crippen LogP contribution in [-0.2, 0) is 30.9 Å². The van der Waals surface area contributed by atoms with E-state index in [9.17, 15) is 22.4 Å². The van der Waals surface area contributed by atoms with E-state index in [1.54, 1.807) is 0 Å². The third-order valence-corrected chi connectivity index (χ3v) is 7.12. The van der Waals surface area contributed by atoms with E-state index in [0.717, 1.165) is 21.5 Å². The fourth-order valence-corrected chi connectivity index (χ4v) is 4.99. The van der Waals surface area contributed by atoms with Gasteiger partial charge in [0.05, 0.1) is 18.0 Å². The van der Waals surface area contributed by atoms with Crippen molar-refractivity contribution in [3.63, 3.8) is 0 Å². The lowest BCUT2D eigenvalue weighted by atomic mass is 10.1. The van der Waals surface area contributed by atoms with Crippen molar-refractivity contribution >= 4 is 21.8 Å². The van der Waals surface area contributed by atoms with Crippen molar-refractivity contribution in [3.05, 3.63) is 65.0 Å². The van der Waals surface area contributed by atoms with Crippen LogP contribution in [0.25, 0.3) is 0 Å². The zero-order valence-corrected chi connectivity index (χ0v) is 18.7. The maximum absolute atomic E-state index is 13.6. The van der Waals surface area contributed by atoms with Crippen LogP contribution < -0.4 is 10.6 Å². The molecule has 2 N–H and O–H groups in total. The third-order valence-electron chi connectivity index (χ3n) is 5.23. The van der Waals surface area contributed by atoms with Crippen molar-refractivity contribution < 1.29 is 27.1 Å². The maximum atomic E-state index is 13.6. The normalized spacial score (nSPS) is 17.0. The third kappa shape index (κ3) is 5.50. The molecule has 1 aliphatic rings. The number of ether oxygens (including phenoxy) is 1. The van der Waals surface area contributed by atoms with E-state index in [4.69, 9.17) is 4.74 Å². The highest BCUT2D eigenvalue weighted by Gasteiger charge is 2.35. The zero-order chi connectivity index (χ0) is 23.3. The number of hydrogen-bond donors (Lipinski definition) is 2. The topological polar surface area (TPSA) is 105 Å². The molecule has 3 rings (SSSR count). The molecule has 8 nitrogen and oxygen atoms in total. The Balaban J connectivity index is 1.62. The van der Waals surface area contributed by atoms with Gasteiger partial charge in [-0.05, 0) is 55.2 Å². The largest absolute Gasteiger partial charge is 0.360 e. The molecule has 1 aliphatic heterocycles. The second-order valence-electron chi connectivity index (χ2n) is 7.52. The van der Waals surface area contributed by atoms with Gasteiger partial charge in [0.2, 0.25) is 10.0 Å². The molecule has 0 unspecified atom stereocenters. The predicted octanol–water partition coefficient (Wildman–Crippen LogP) is 1.61. The first-order chi connectivity index (χ1) is 15.2. The number of carbonyl (C=O) groups excluding carboxylic acids is 2. The molecule has 1 saturated heterocycles. The van der Waals surface area contributed by atoms with Crippen molar-refractivity contribution in [1.29, 1.82) is 0 Å². The van der Waals surface area contributed by atoms with Crippen molar-refractivity contribution in [2.75, 3.05) is 19.7 Å². The Morgan fingerprint density at radius 2 is 1.81 bits per heavy atom. The van der Waals surface area contributed by atoms with Crippen LogP contribution >= 0.6 is 0 Å².